The van der Waals surface area contributed by atoms with Gasteiger partial charge in [-0.2, -0.15) is 0 Å². The average Bonchev–Trinajstić information content (AvgIpc) is 3.24. The van der Waals surface area contributed by atoms with Crippen LogP contribution in [-0.4, -0.2) is 23.0 Å². The predicted molar refractivity (Wildman–Crippen MR) is 92.3 cm³/mol. The fourth-order valence-corrected chi connectivity index (χ4v) is 3.98. The quantitative estimate of drug-likeness (QED) is 0.814. The molecular formula is C18H27BrN2. The highest BCUT2D eigenvalue weighted by atomic mass is 79.9. The van der Waals surface area contributed by atoms with Crippen molar-refractivity contribution >= 4 is 15.9 Å². The lowest BCUT2D eigenvalue weighted by Crippen LogP contribution is -2.33. The van der Waals surface area contributed by atoms with Crippen molar-refractivity contribution < 1.29 is 0 Å². The van der Waals surface area contributed by atoms with Crippen LogP contribution in [0.1, 0.15) is 57.1 Å². The van der Waals surface area contributed by atoms with Crippen LogP contribution < -0.4 is 5.32 Å². The number of nitrogens with one attached hydrogen (secondary N) is 1. The molecule has 1 aliphatic heterocycles. The Morgan fingerprint density at radius 3 is 2.71 bits per heavy atom. The summed E-state index contributed by atoms with van der Waals surface area (Å²) in [6, 6.07) is 9.16. The SMILES string of the molecule is CCC1CCC(C)N1Cc1ccc(CNC2CC2)cc1Br. The zero-order chi connectivity index (χ0) is 14.8. The molecule has 0 aromatic heterocycles. The molecule has 3 heteroatoms. The van der Waals surface area contributed by atoms with Gasteiger partial charge < -0.3 is 5.32 Å². The van der Waals surface area contributed by atoms with E-state index in [-0.39, 0.29) is 0 Å². The van der Waals surface area contributed by atoms with Gasteiger partial charge in [-0.1, -0.05) is 35.0 Å². The Hall–Kier alpha value is -0.380. The third-order valence-electron chi connectivity index (χ3n) is 5.07. The fourth-order valence-electron chi connectivity index (χ4n) is 3.42. The highest BCUT2D eigenvalue weighted by Crippen LogP contribution is 2.30. The molecule has 1 aliphatic carbocycles. The molecule has 2 fully saturated rings. The normalized spacial score (nSPS) is 26.4. The number of rotatable bonds is 6. The smallest absolute Gasteiger partial charge is 0.0250 e. The van der Waals surface area contributed by atoms with Gasteiger partial charge in [-0.3, -0.25) is 4.90 Å². The van der Waals surface area contributed by atoms with E-state index < -0.39 is 0 Å². The van der Waals surface area contributed by atoms with E-state index in [0.29, 0.717) is 0 Å². The van der Waals surface area contributed by atoms with Crippen molar-refractivity contribution in [2.24, 2.45) is 0 Å². The summed E-state index contributed by atoms with van der Waals surface area (Å²) in [5.41, 5.74) is 2.82. The molecule has 116 valence electrons. The Bertz CT molecular complexity index is 484. The second-order valence-electron chi connectivity index (χ2n) is 6.74. The number of halogens is 1. The van der Waals surface area contributed by atoms with Gasteiger partial charge in [0.05, 0.1) is 0 Å². The van der Waals surface area contributed by atoms with E-state index in [9.17, 15) is 0 Å². The minimum absolute atomic E-state index is 0.720. The monoisotopic (exact) mass is 350 g/mol. The molecule has 0 bridgehead atoms. The van der Waals surface area contributed by atoms with Crippen molar-refractivity contribution in [3.05, 3.63) is 33.8 Å². The lowest BCUT2D eigenvalue weighted by Gasteiger charge is -2.28. The largest absolute Gasteiger partial charge is 0.310 e. The molecule has 0 spiro atoms. The van der Waals surface area contributed by atoms with Gasteiger partial charge in [0.25, 0.3) is 0 Å². The minimum atomic E-state index is 0.720. The zero-order valence-corrected chi connectivity index (χ0v) is 14.8. The molecule has 2 unspecified atom stereocenters. The summed E-state index contributed by atoms with van der Waals surface area (Å²) in [4.78, 5) is 2.68. The van der Waals surface area contributed by atoms with Gasteiger partial charge >= 0.3 is 0 Å². The van der Waals surface area contributed by atoms with Gasteiger partial charge in [-0.05, 0) is 56.2 Å². The average molecular weight is 351 g/mol. The van der Waals surface area contributed by atoms with Crippen LogP contribution in [0.15, 0.2) is 22.7 Å². The third-order valence-corrected chi connectivity index (χ3v) is 5.80. The summed E-state index contributed by atoms with van der Waals surface area (Å²) in [5, 5.41) is 3.58. The second-order valence-corrected chi connectivity index (χ2v) is 7.60. The standard InChI is InChI=1S/C18H27BrN2/c1-3-17-9-4-13(2)21(17)12-15-6-5-14(10-18(15)19)11-20-16-7-8-16/h5-6,10,13,16-17,20H,3-4,7-9,11-12H2,1-2H3. The number of nitrogens with zero attached hydrogens (tertiary/aromatic N) is 1. The summed E-state index contributed by atoms with van der Waals surface area (Å²) in [7, 11) is 0. The highest BCUT2D eigenvalue weighted by molar-refractivity contribution is 9.10. The lowest BCUT2D eigenvalue weighted by atomic mass is 10.1. The first-order valence-electron chi connectivity index (χ1n) is 8.43. The van der Waals surface area contributed by atoms with Gasteiger partial charge in [0.15, 0.2) is 0 Å². The molecule has 2 atom stereocenters. The third kappa shape index (κ3) is 3.88. The number of likely N-dealkylation sites (tertiary alicyclic amines) is 1. The Morgan fingerprint density at radius 2 is 2.05 bits per heavy atom. The van der Waals surface area contributed by atoms with Crippen molar-refractivity contribution in [1.29, 1.82) is 0 Å². The van der Waals surface area contributed by atoms with Crippen LogP contribution in [0.2, 0.25) is 0 Å². The number of hydrogen-bond donors (Lipinski definition) is 1. The van der Waals surface area contributed by atoms with Crippen molar-refractivity contribution in [3.8, 4) is 0 Å². The molecule has 1 heterocycles. The van der Waals surface area contributed by atoms with E-state index in [0.717, 1.165) is 31.2 Å². The predicted octanol–water partition coefficient (Wildman–Crippen LogP) is 4.46. The first-order valence-corrected chi connectivity index (χ1v) is 9.23. The Labute approximate surface area is 137 Å². The minimum Gasteiger partial charge on any atom is -0.310 e. The molecule has 0 radical (unpaired) electrons. The van der Waals surface area contributed by atoms with Crippen LogP contribution in [-0.2, 0) is 13.1 Å². The summed E-state index contributed by atoms with van der Waals surface area (Å²) >= 11 is 3.78. The number of benzene rings is 1. The maximum absolute atomic E-state index is 3.78. The second kappa shape index (κ2) is 6.80. The molecule has 1 saturated heterocycles. The van der Waals surface area contributed by atoms with Crippen molar-refractivity contribution in [2.75, 3.05) is 0 Å². The van der Waals surface area contributed by atoms with Crippen molar-refractivity contribution in [3.63, 3.8) is 0 Å². The molecule has 2 nitrogen and oxygen atoms in total. The summed E-state index contributed by atoms with van der Waals surface area (Å²) in [6.45, 7) is 6.77. The van der Waals surface area contributed by atoms with Gasteiger partial charge in [0.2, 0.25) is 0 Å². The molecule has 1 saturated carbocycles. The van der Waals surface area contributed by atoms with Gasteiger partial charge in [0.1, 0.15) is 0 Å². The van der Waals surface area contributed by atoms with E-state index in [1.165, 1.54) is 47.7 Å². The molecule has 1 aromatic rings. The number of hydrogen-bond acceptors (Lipinski definition) is 2. The first-order chi connectivity index (χ1) is 10.2. The van der Waals surface area contributed by atoms with E-state index in [1.807, 2.05) is 0 Å². The molecule has 0 amide bonds. The van der Waals surface area contributed by atoms with Crippen LogP contribution in [0.3, 0.4) is 0 Å². The topological polar surface area (TPSA) is 15.3 Å². The Kier molecular flexibility index (Phi) is 5.03. The van der Waals surface area contributed by atoms with Crippen LogP contribution >= 0.6 is 15.9 Å². The van der Waals surface area contributed by atoms with Gasteiger partial charge in [0, 0.05) is 35.7 Å². The maximum Gasteiger partial charge on any atom is 0.0250 e. The van der Waals surface area contributed by atoms with E-state index in [1.54, 1.807) is 0 Å². The molecule has 1 aromatic carbocycles. The summed E-state index contributed by atoms with van der Waals surface area (Å²) in [6.07, 6.45) is 6.68. The van der Waals surface area contributed by atoms with Gasteiger partial charge in [-0.15, -0.1) is 0 Å². The van der Waals surface area contributed by atoms with Crippen LogP contribution in [0, 0.1) is 0 Å². The molecule has 1 N–H and O–H groups in total. The van der Waals surface area contributed by atoms with E-state index in [4.69, 9.17) is 0 Å². The van der Waals surface area contributed by atoms with E-state index >= 15 is 0 Å². The van der Waals surface area contributed by atoms with Crippen molar-refractivity contribution in [1.82, 2.24) is 10.2 Å². The van der Waals surface area contributed by atoms with Crippen LogP contribution in [0.25, 0.3) is 0 Å². The maximum atomic E-state index is 3.78. The Balaban J connectivity index is 1.64. The van der Waals surface area contributed by atoms with Crippen LogP contribution in [0.5, 0.6) is 0 Å². The molecule has 2 aliphatic rings. The summed E-state index contributed by atoms with van der Waals surface area (Å²) in [5.74, 6) is 0. The first kappa shape index (κ1) is 15.5. The Morgan fingerprint density at radius 1 is 1.24 bits per heavy atom. The zero-order valence-electron chi connectivity index (χ0n) is 13.2. The lowest BCUT2D eigenvalue weighted by molar-refractivity contribution is 0.189. The fraction of sp³-hybridized carbons (Fsp3) is 0.667. The summed E-state index contributed by atoms with van der Waals surface area (Å²) < 4.78 is 1.27. The van der Waals surface area contributed by atoms with Crippen LogP contribution in [0.4, 0.5) is 0 Å². The molecular weight excluding hydrogens is 324 g/mol. The van der Waals surface area contributed by atoms with Crippen molar-refractivity contribution in [2.45, 2.75) is 77.2 Å². The molecule has 21 heavy (non-hydrogen) atoms. The highest BCUT2D eigenvalue weighted by Gasteiger charge is 2.29. The molecule has 3 rings (SSSR count). The van der Waals surface area contributed by atoms with Gasteiger partial charge in [-0.25, -0.2) is 0 Å². The van der Waals surface area contributed by atoms with E-state index in [2.05, 4.69) is 58.2 Å².